The summed E-state index contributed by atoms with van der Waals surface area (Å²) < 4.78 is 31.1. The highest BCUT2D eigenvalue weighted by Gasteiger charge is 2.60. The van der Waals surface area contributed by atoms with Gasteiger partial charge in [-0.3, -0.25) is 14.4 Å². The second-order valence-corrected chi connectivity index (χ2v) is 16.8. The summed E-state index contributed by atoms with van der Waals surface area (Å²) >= 11 is 0. The van der Waals surface area contributed by atoms with Crippen LogP contribution in [0.5, 0.6) is 0 Å². The summed E-state index contributed by atoms with van der Waals surface area (Å²) in [7, 11) is 5.22. The average Bonchev–Trinajstić information content (AvgIpc) is 3.76. The molecule has 5 rings (SSSR count). The van der Waals surface area contributed by atoms with Crippen LogP contribution in [0, 0.1) is 23.7 Å². The highest BCUT2D eigenvalue weighted by molar-refractivity contribution is 6.00. The molecular weight excluding hydrogens is 736 g/mol. The van der Waals surface area contributed by atoms with Crippen LogP contribution in [0.2, 0.25) is 0 Å². The zero-order valence-corrected chi connectivity index (χ0v) is 35.3. The maximum absolute atomic E-state index is 14.7. The molecule has 3 aliphatic rings. The van der Waals surface area contributed by atoms with E-state index in [1.807, 2.05) is 56.3 Å². The smallest absolute Gasteiger partial charge is 0.410 e. The third-order valence-electron chi connectivity index (χ3n) is 12.4. The Morgan fingerprint density at radius 3 is 2.30 bits per heavy atom. The molecule has 0 saturated carbocycles. The Kier molecular flexibility index (Phi) is 14.0. The van der Waals surface area contributed by atoms with Gasteiger partial charge in [0, 0.05) is 43.0 Å². The van der Waals surface area contributed by atoms with Crippen molar-refractivity contribution >= 4 is 23.6 Å². The Bertz CT molecular complexity index is 1730. The van der Waals surface area contributed by atoms with E-state index in [0.717, 1.165) is 5.56 Å². The summed E-state index contributed by atoms with van der Waals surface area (Å²) in [6, 6.07) is 8.34. The number of aliphatic hydroxyl groups is 1. The lowest BCUT2D eigenvalue weighted by atomic mass is 9.73. The number of benzene rings is 1. The maximum Gasteiger partial charge on any atom is 0.410 e. The van der Waals surface area contributed by atoms with Crippen molar-refractivity contribution in [2.75, 3.05) is 27.7 Å². The van der Waals surface area contributed by atoms with Gasteiger partial charge in [0.15, 0.2) is 17.7 Å². The number of hydrogen-bond donors (Lipinski definition) is 1. The van der Waals surface area contributed by atoms with E-state index in [1.165, 1.54) is 23.7 Å². The Morgan fingerprint density at radius 1 is 0.982 bits per heavy atom. The molecule has 3 aliphatic heterocycles. The van der Waals surface area contributed by atoms with E-state index in [0.29, 0.717) is 25.2 Å². The zero-order chi connectivity index (χ0) is 42.0. The van der Waals surface area contributed by atoms with E-state index in [1.54, 1.807) is 41.5 Å². The van der Waals surface area contributed by atoms with Gasteiger partial charge < -0.3 is 38.6 Å². The zero-order valence-electron chi connectivity index (χ0n) is 35.3. The molecule has 3 saturated heterocycles. The van der Waals surface area contributed by atoms with Gasteiger partial charge in [0.05, 0.1) is 30.4 Å². The Labute approximate surface area is 335 Å². The lowest BCUT2D eigenvalue weighted by Gasteiger charge is -2.47. The first-order chi connectivity index (χ1) is 26.9. The summed E-state index contributed by atoms with van der Waals surface area (Å²) in [5.74, 6) is -4.62. The van der Waals surface area contributed by atoms with E-state index in [2.05, 4.69) is 15.4 Å². The number of cyclic esters (lactones) is 1. The lowest BCUT2D eigenvalue weighted by Crippen LogP contribution is -2.60. The number of aryl methyl sites for hydroxylation is 1. The van der Waals surface area contributed by atoms with Gasteiger partial charge in [0.1, 0.15) is 23.9 Å². The van der Waals surface area contributed by atoms with Crippen molar-refractivity contribution in [3.05, 3.63) is 30.3 Å². The normalized spacial score (nSPS) is 37.1. The summed E-state index contributed by atoms with van der Waals surface area (Å²) in [5.41, 5.74) is -1.90. The number of rotatable bonds is 10. The summed E-state index contributed by atoms with van der Waals surface area (Å²) in [4.78, 5) is 61.7. The lowest BCUT2D eigenvalue weighted by molar-refractivity contribution is -0.295. The number of tetrazole rings is 1. The molecule has 57 heavy (non-hydrogen) atoms. The number of methoxy groups -OCH3 is 1. The fourth-order valence-corrected chi connectivity index (χ4v) is 9.13. The van der Waals surface area contributed by atoms with E-state index in [9.17, 15) is 24.3 Å². The standard InChI is InChI=1S/C41H62N6O10/c1-12-30-41(8)34(46(39(52)57-41)19-16-20-47-43-36(42-44-47)28-17-14-13-15-18-28)25(4)31(48)23(2)22-40(7,53-11)35(26(5)32(49)27(6)37(51)55-30)56-38-33(50)29(45(9)10)21-24(3)54-38/h13-15,17-18,23-27,29-30,33-35,38,50H,12,16,19-22H2,1-11H3/t23-,24-,25+,26+,27-,29+,30-,33-,34-,35-,38+,40-,41-/m1/s1. The molecule has 16 heteroatoms. The second-order valence-electron chi connectivity index (χ2n) is 16.8. The summed E-state index contributed by atoms with van der Waals surface area (Å²) in [6.07, 6.45) is -3.81. The molecule has 316 valence electrons. The van der Waals surface area contributed by atoms with Crippen molar-refractivity contribution in [3.8, 4) is 11.4 Å². The number of amides is 1. The molecule has 0 aliphatic carbocycles. The first-order valence-electron chi connectivity index (χ1n) is 20.2. The molecule has 1 aromatic heterocycles. The van der Waals surface area contributed by atoms with Crippen molar-refractivity contribution in [2.45, 2.75) is 142 Å². The van der Waals surface area contributed by atoms with E-state index in [-0.39, 0.29) is 37.3 Å². The number of carbonyl (C=O) groups excluding carboxylic acids is 4. The number of esters is 1. The number of hydrogen-bond acceptors (Lipinski definition) is 14. The molecule has 0 unspecified atom stereocenters. The van der Waals surface area contributed by atoms with Crippen molar-refractivity contribution < 1.29 is 48.0 Å². The fraction of sp³-hybridized carbons (Fsp3) is 0.732. The van der Waals surface area contributed by atoms with Gasteiger partial charge in [0.2, 0.25) is 5.82 Å². The minimum atomic E-state index is -1.44. The van der Waals surface area contributed by atoms with Crippen molar-refractivity contribution in [1.82, 2.24) is 30.0 Å². The molecule has 0 radical (unpaired) electrons. The van der Waals surface area contributed by atoms with Gasteiger partial charge in [-0.2, -0.15) is 4.80 Å². The fourth-order valence-electron chi connectivity index (χ4n) is 9.13. The first-order valence-corrected chi connectivity index (χ1v) is 20.2. The molecule has 1 N–H and O–H groups in total. The van der Waals surface area contributed by atoms with Gasteiger partial charge >= 0.3 is 12.1 Å². The predicted octanol–water partition coefficient (Wildman–Crippen LogP) is 3.93. The van der Waals surface area contributed by atoms with Gasteiger partial charge in [-0.05, 0) is 72.7 Å². The molecule has 1 amide bonds. The maximum atomic E-state index is 14.7. The average molecular weight is 799 g/mol. The number of aliphatic hydroxyl groups excluding tert-OH is 1. The number of ketones is 2. The third-order valence-corrected chi connectivity index (χ3v) is 12.4. The topological polar surface area (TPSA) is 185 Å². The van der Waals surface area contributed by atoms with E-state index >= 15 is 0 Å². The van der Waals surface area contributed by atoms with Gasteiger partial charge in [0.25, 0.3) is 0 Å². The largest absolute Gasteiger partial charge is 0.458 e. The Hall–Kier alpha value is -3.83. The molecule has 0 spiro atoms. The van der Waals surface area contributed by atoms with Crippen LogP contribution in [-0.4, -0.2) is 140 Å². The number of carbonyl (C=O) groups is 4. The number of likely N-dealkylation sites (N-methyl/N-ethyl adjacent to an activating group) is 1. The minimum Gasteiger partial charge on any atom is -0.458 e. The van der Waals surface area contributed by atoms with Crippen LogP contribution in [0.3, 0.4) is 0 Å². The molecule has 13 atom stereocenters. The summed E-state index contributed by atoms with van der Waals surface area (Å²) in [6.45, 7) is 14.4. The quantitative estimate of drug-likeness (QED) is 0.269. The number of aromatic nitrogens is 4. The number of fused-ring (bicyclic) bond motifs is 1. The van der Waals surface area contributed by atoms with Crippen molar-refractivity contribution in [1.29, 1.82) is 0 Å². The molecular formula is C41H62N6O10. The van der Waals surface area contributed by atoms with Crippen LogP contribution >= 0.6 is 0 Å². The highest BCUT2D eigenvalue weighted by Crippen LogP contribution is 2.43. The van der Waals surface area contributed by atoms with Gasteiger partial charge in [-0.1, -0.05) is 58.0 Å². The van der Waals surface area contributed by atoms with E-state index in [4.69, 9.17) is 23.7 Å². The molecule has 0 bridgehead atoms. The van der Waals surface area contributed by atoms with Crippen LogP contribution < -0.4 is 0 Å². The van der Waals surface area contributed by atoms with Crippen molar-refractivity contribution in [2.24, 2.45) is 23.7 Å². The number of ether oxygens (including phenoxy) is 5. The van der Waals surface area contributed by atoms with Gasteiger partial charge in [-0.15, -0.1) is 10.2 Å². The Balaban J connectivity index is 1.47. The van der Waals surface area contributed by atoms with Gasteiger partial charge in [-0.25, -0.2) is 4.79 Å². The van der Waals surface area contributed by atoms with Crippen LogP contribution in [0.4, 0.5) is 4.79 Å². The summed E-state index contributed by atoms with van der Waals surface area (Å²) in [5, 5.41) is 24.3. The highest BCUT2D eigenvalue weighted by atomic mass is 16.7. The van der Waals surface area contributed by atoms with Crippen molar-refractivity contribution in [3.63, 3.8) is 0 Å². The molecule has 4 heterocycles. The van der Waals surface area contributed by atoms with Crippen LogP contribution in [0.25, 0.3) is 11.4 Å². The minimum absolute atomic E-state index is 0.112. The predicted molar refractivity (Wildman–Crippen MR) is 207 cm³/mol. The Morgan fingerprint density at radius 2 is 1.67 bits per heavy atom. The second kappa shape index (κ2) is 18.0. The van der Waals surface area contributed by atoms with E-state index < -0.39 is 83.4 Å². The SMILES string of the molecule is CC[C@H]1OC(=O)[C@H](C)C(=O)[C@H](C)[C@@H](O[C@@H]2O[C@H](C)C[C@H](N(C)C)[C@H]2O)[C@](C)(OC)C[C@@H](C)C(=O)[C@H](C)[C@H]2N(CCCn3nnc(-c4ccccc4)n3)C(=O)O[C@]12C. The van der Waals surface area contributed by atoms with Crippen LogP contribution in [0.15, 0.2) is 30.3 Å². The number of nitrogens with zero attached hydrogens (tertiary/aromatic N) is 6. The monoisotopic (exact) mass is 798 g/mol. The first kappa shape index (κ1) is 44.3. The number of Topliss-reactive ketones (excluding diaryl/α,β-unsaturated/α-hetero) is 2. The third kappa shape index (κ3) is 9.09. The molecule has 2 aromatic rings. The molecule has 1 aromatic carbocycles. The van der Waals surface area contributed by atoms with Crippen LogP contribution in [-0.2, 0) is 44.6 Å². The molecule has 16 nitrogen and oxygen atoms in total. The van der Waals surface area contributed by atoms with Crippen LogP contribution in [0.1, 0.15) is 81.1 Å². The molecule has 3 fully saturated rings.